The van der Waals surface area contributed by atoms with E-state index >= 15 is 0 Å². The molecule has 2 amide bonds. The molecule has 2 fully saturated rings. The van der Waals surface area contributed by atoms with Gasteiger partial charge in [0, 0.05) is 19.5 Å². The average Bonchev–Trinajstić information content (AvgIpc) is 2.93. The first-order chi connectivity index (χ1) is 10.0. The Kier molecular flexibility index (Phi) is 4.95. The summed E-state index contributed by atoms with van der Waals surface area (Å²) in [6.07, 6.45) is 7.91. The first-order valence-corrected chi connectivity index (χ1v) is 8.61. The molecule has 0 spiro atoms. The standard InChI is InChI=1S/C17H30N2O2/c1-4-16(10-7-8-11-16)13-19-12-9-14(20)18-17(5-2,6-3)15(19)21/h4-13H2,1-3H3,(H,18,20). The number of hydrogen-bond acceptors (Lipinski definition) is 2. The van der Waals surface area contributed by atoms with E-state index in [0.29, 0.717) is 25.8 Å². The lowest BCUT2D eigenvalue weighted by molar-refractivity contribution is -0.140. The molecule has 1 saturated carbocycles. The minimum absolute atomic E-state index is 0.0199. The Hall–Kier alpha value is -1.06. The van der Waals surface area contributed by atoms with Gasteiger partial charge in [0.2, 0.25) is 11.8 Å². The van der Waals surface area contributed by atoms with Gasteiger partial charge in [0.1, 0.15) is 5.54 Å². The van der Waals surface area contributed by atoms with Crippen LogP contribution in [0.1, 0.15) is 72.1 Å². The molecule has 120 valence electrons. The fourth-order valence-electron chi connectivity index (χ4n) is 4.06. The third-order valence-corrected chi connectivity index (χ3v) is 5.83. The SMILES string of the molecule is CCC1(CN2CCC(=O)NC(CC)(CC)C2=O)CCCC1. The van der Waals surface area contributed by atoms with Crippen molar-refractivity contribution in [3.8, 4) is 0 Å². The van der Waals surface area contributed by atoms with Gasteiger partial charge in [0.05, 0.1) is 0 Å². The van der Waals surface area contributed by atoms with Crippen molar-refractivity contribution in [1.82, 2.24) is 10.2 Å². The first kappa shape index (κ1) is 16.3. The minimum Gasteiger partial charge on any atom is -0.342 e. The van der Waals surface area contributed by atoms with Crippen molar-refractivity contribution in [2.45, 2.75) is 77.7 Å². The second kappa shape index (κ2) is 6.37. The predicted octanol–water partition coefficient (Wildman–Crippen LogP) is 2.86. The molecule has 0 atom stereocenters. The van der Waals surface area contributed by atoms with E-state index in [-0.39, 0.29) is 17.2 Å². The third-order valence-electron chi connectivity index (χ3n) is 5.83. The minimum atomic E-state index is -0.679. The highest BCUT2D eigenvalue weighted by atomic mass is 16.2. The van der Waals surface area contributed by atoms with E-state index in [1.54, 1.807) is 0 Å². The van der Waals surface area contributed by atoms with E-state index < -0.39 is 5.54 Å². The van der Waals surface area contributed by atoms with Crippen LogP contribution in [0.25, 0.3) is 0 Å². The van der Waals surface area contributed by atoms with Crippen LogP contribution in [0.5, 0.6) is 0 Å². The summed E-state index contributed by atoms with van der Waals surface area (Å²) in [6.45, 7) is 7.64. The highest BCUT2D eigenvalue weighted by Gasteiger charge is 2.44. The Morgan fingerprint density at radius 2 is 1.67 bits per heavy atom. The van der Waals surface area contributed by atoms with Crippen LogP contribution in [-0.4, -0.2) is 35.3 Å². The van der Waals surface area contributed by atoms with Gasteiger partial charge in [-0.25, -0.2) is 0 Å². The zero-order valence-corrected chi connectivity index (χ0v) is 13.8. The zero-order valence-electron chi connectivity index (χ0n) is 13.8. The topological polar surface area (TPSA) is 49.4 Å². The van der Waals surface area contributed by atoms with Crippen molar-refractivity contribution in [1.29, 1.82) is 0 Å². The Morgan fingerprint density at radius 3 is 2.19 bits per heavy atom. The number of rotatable bonds is 5. The summed E-state index contributed by atoms with van der Waals surface area (Å²) < 4.78 is 0. The Bertz CT molecular complexity index is 396. The number of nitrogens with one attached hydrogen (secondary N) is 1. The van der Waals surface area contributed by atoms with E-state index in [0.717, 1.165) is 13.0 Å². The maximum atomic E-state index is 13.0. The number of hydrogen-bond donors (Lipinski definition) is 1. The van der Waals surface area contributed by atoms with Gasteiger partial charge in [-0.15, -0.1) is 0 Å². The maximum absolute atomic E-state index is 13.0. The van der Waals surface area contributed by atoms with Crippen molar-refractivity contribution < 1.29 is 9.59 Å². The molecule has 0 aromatic heterocycles. The van der Waals surface area contributed by atoms with Gasteiger partial charge in [-0.2, -0.15) is 0 Å². The molecule has 0 unspecified atom stereocenters. The molecule has 1 aliphatic carbocycles. The summed E-state index contributed by atoms with van der Waals surface area (Å²) in [5.74, 6) is 0.157. The number of nitrogens with zero attached hydrogens (tertiary/aromatic N) is 1. The molecule has 2 aliphatic rings. The molecule has 2 rings (SSSR count). The molecule has 0 aromatic rings. The van der Waals surface area contributed by atoms with Gasteiger partial charge in [-0.3, -0.25) is 9.59 Å². The zero-order chi connectivity index (χ0) is 15.5. The Morgan fingerprint density at radius 1 is 1.05 bits per heavy atom. The van der Waals surface area contributed by atoms with Crippen LogP contribution in [0.2, 0.25) is 0 Å². The highest BCUT2D eigenvalue weighted by molar-refractivity contribution is 5.93. The molecular formula is C17H30N2O2. The second-order valence-corrected chi connectivity index (χ2v) is 6.87. The van der Waals surface area contributed by atoms with Gasteiger partial charge in [-0.05, 0) is 37.5 Å². The fraction of sp³-hybridized carbons (Fsp3) is 0.882. The summed E-state index contributed by atoms with van der Waals surface area (Å²) in [4.78, 5) is 27.0. The quantitative estimate of drug-likeness (QED) is 0.847. The summed E-state index contributed by atoms with van der Waals surface area (Å²) in [6, 6.07) is 0. The summed E-state index contributed by atoms with van der Waals surface area (Å²) in [7, 11) is 0. The molecule has 0 radical (unpaired) electrons. The Balaban J connectivity index is 2.21. The van der Waals surface area contributed by atoms with Crippen LogP contribution >= 0.6 is 0 Å². The first-order valence-electron chi connectivity index (χ1n) is 8.61. The van der Waals surface area contributed by atoms with Gasteiger partial charge < -0.3 is 10.2 Å². The van der Waals surface area contributed by atoms with E-state index in [4.69, 9.17) is 0 Å². The van der Waals surface area contributed by atoms with Crippen LogP contribution < -0.4 is 5.32 Å². The molecule has 1 heterocycles. The largest absolute Gasteiger partial charge is 0.342 e. The molecule has 4 heteroatoms. The molecule has 0 bridgehead atoms. The normalized spacial score (nSPS) is 24.8. The van der Waals surface area contributed by atoms with Gasteiger partial charge in [0.15, 0.2) is 0 Å². The summed E-state index contributed by atoms with van der Waals surface area (Å²) in [5, 5.41) is 3.00. The maximum Gasteiger partial charge on any atom is 0.248 e. The van der Waals surface area contributed by atoms with Crippen LogP contribution in [0.15, 0.2) is 0 Å². The van der Waals surface area contributed by atoms with Crippen LogP contribution in [0.3, 0.4) is 0 Å². The molecule has 21 heavy (non-hydrogen) atoms. The van der Waals surface area contributed by atoms with E-state index in [9.17, 15) is 9.59 Å². The van der Waals surface area contributed by atoms with Crippen LogP contribution in [0.4, 0.5) is 0 Å². The highest BCUT2D eigenvalue weighted by Crippen LogP contribution is 2.42. The van der Waals surface area contributed by atoms with Crippen LogP contribution in [0, 0.1) is 5.41 Å². The van der Waals surface area contributed by atoms with Crippen molar-refractivity contribution >= 4 is 11.8 Å². The molecule has 1 aliphatic heterocycles. The van der Waals surface area contributed by atoms with Gasteiger partial charge in [-0.1, -0.05) is 33.6 Å². The van der Waals surface area contributed by atoms with Crippen molar-refractivity contribution in [2.75, 3.05) is 13.1 Å². The monoisotopic (exact) mass is 294 g/mol. The van der Waals surface area contributed by atoms with E-state index in [1.165, 1.54) is 25.7 Å². The number of carbonyl (C=O) groups is 2. The number of amides is 2. The lowest BCUT2D eigenvalue weighted by Gasteiger charge is -2.38. The summed E-state index contributed by atoms with van der Waals surface area (Å²) >= 11 is 0. The predicted molar refractivity (Wildman–Crippen MR) is 83.8 cm³/mol. The third kappa shape index (κ3) is 3.09. The van der Waals surface area contributed by atoms with E-state index in [1.807, 2.05) is 18.7 Å². The van der Waals surface area contributed by atoms with Crippen molar-refractivity contribution in [3.05, 3.63) is 0 Å². The van der Waals surface area contributed by atoms with Crippen LogP contribution in [-0.2, 0) is 9.59 Å². The van der Waals surface area contributed by atoms with Crippen molar-refractivity contribution in [2.24, 2.45) is 5.41 Å². The second-order valence-electron chi connectivity index (χ2n) is 6.87. The summed E-state index contributed by atoms with van der Waals surface area (Å²) in [5.41, 5.74) is -0.391. The smallest absolute Gasteiger partial charge is 0.248 e. The van der Waals surface area contributed by atoms with Gasteiger partial charge >= 0.3 is 0 Å². The molecule has 1 saturated heterocycles. The lowest BCUT2D eigenvalue weighted by atomic mass is 9.82. The Labute approximate surface area is 128 Å². The lowest BCUT2D eigenvalue weighted by Crippen LogP contribution is -2.57. The molecule has 4 nitrogen and oxygen atoms in total. The van der Waals surface area contributed by atoms with Gasteiger partial charge in [0.25, 0.3) is 0 Å². The fourth-order valence-corrected chi connectivity index (χ4v) is 4.06. The molecule has 0 aromatic carbocycles. The van der Waals surface area contributed by atoms with Crippen molar-refractivity contribution in [3.63, 3.8) is 0 Å². The molecule has 1 N–H and O–H groups in total. The van der Waals surface area contributed by atoms with E-state index in [2.05, 4.69) is 12.2 Å². The average molecular weight is 294 g/mol. The molecular weight excluding hydrogens is 264 g/mol. The number of carbonyl (C=O) groups excluding carboxylic acids is 2.